The number of quaternary nitrogens is 1. The molecular formula is C24H27NO7. The van der Waals surface area contributed by atoms with Crippen LogP contribution in [0.2, 0.25) is 0 Å². The van der Waals surface area contributed by atoms with Gasteiger partial charge in [0.05, 0.1) is 19.1 Å². The van der Waals surface area contributed by atoms with E-state index in [1.54, 1.807) is 0 Å². The first-order valence-electron chi connectivity index (χ1n) is 10.8. The fourth-order valence-corrected chi connectivity index (χ4v) is 4.89. The van der Waals surface area contributed by atoms with Crippen LogP contribution in [-0.4, -0.2) is 54.2 Å². The van der Waals surface area contributed by atoms with Gasteiger partial charge in [0.2, 0.25) is 13.0 Å². The number of likely N-dealkylation sites (N-methyl/N-ethyl adjacent to an activating group) is 1. The number of carboxylic acid groups (broad SMARTS) is 2. The lowest BCUT2D eigenvalue weighted by molar-refractivity contribution is -0.974. The fourth-order valence-electron chi connectivity index (χ4n) is 4.89. The molecule has 0 saturated carbocycles. The van der Waals surface area contributed by atoms with Crippen molar-refractivity contribution in [3.63, 3.8) is 0 Å². The van der Waals surface area contributed by atoms with Crippen LogP contribution in [0.1, 0.15) is 37.0 Å². The second-order valence-electron chi connectivity index (χ2n) is 8.26. The minimum absolute atomic E-state index is 0.0121. The van der Waals surface area contributed by atoms with Gasteiger partial charge in [0.15, 0.2) is 0 Å². The minimum Gasteiger partial charge on any atom is -0.544 e. The average Bonchev–Trinajstić information content (AvgIpc) is 2.77. The zero-order valence-corrected chi connectivity index (χ0v) is 17.9. The summed E-state index contributed by atoms with van der Waals surface area (Å²) in [4.78, 5) is 23.9. The second-order valence-corrected chi connectivity index (χ2v) is 8.26. The Bertz CT molecular complexity index is 946. The third-order valence-electron chi connectivity index (χ3n) is 6.50. The van der Waals surface area contributed by atoms with Gasteiger partial charge in [-0.25, -0.2) is 0 Å². The van der Waals surface area contributed by atoms with Crippen molar-refractivity contribution in [1.29, 1.82) is 0 Å². The lowest BCUT2D eigenvalue weighted by atomic mass is 9.92. The summed E-state index contributed by atoms with van der Waals surface area (Å²) >= 11 is 0. The molecule has 2 aromatic carbocycles. The van der Waals surface area contributed by atoms with Gasteiger partial charge in [-0.1, -0.05) is 36.4 Å². The largest absolute Gasteiger partial charge is 0.544 e. The Morgan fingerprint density at radius 2 is 1.69 bits per heavy atom. The van der Waals surface area contributed by atoms with Crippen LogP contribution in [0.25, 0.3) is 0 Å². The van der Waals surface area contributed by atoms with E-state index < -0.39 is 30.2 Å². The van der Waals surface area contributed by atoms with Crippen molar-refractivity contribution in [1.82, 2.24) is 0 Å². The van der Waals surface area contributed by atoms with Crippen LogP contribution < -0.4 is 14.6 Å². The molecular weight excluding hydrogens is 414 g/mol. The molecule has 0 aromatic heterocycles. The normalized spacial score (nSPS) is 25.3. The van der Waals surface area contributed by atoms with Crippen LogP contribution in [0, 0.1) is 5.92 Å². The molecule has 8 heteroatoms. The summed E-state index contributed by atoms with van der Waals surface area (Å²) < 4.78 is 18.2. The number of fused-ring (bicyclic) bond motifs is 2. The van der Waals surface area contributed by atoms with Gasteiger partial charge in [-0.3, -0.25) is 9.28 Å². The molecule has 2 heterocycles. The predicted octanol–water partition coefficient (Wildman–Crippen LogP) is 1.93. The highest BCUT2D eigenvalue weighted by Gasteiger charge is 2.50. The maximum Gasteiger partial charge on any atom is 0.315 e. The summed E-state index contributed by atoms with van der Waals surface area (Å²) in [6.45, 7) is 2.48. The number of hydrogen-bond donors (Lipinski definition) is 1. The van der Waals surface area contributed by atoms with E-state index in [0.717, 1.165) is 11.1 Å². The van der Waals surface area contributed by atoms with Gasteiger partial charge in [0.1, 0.15) is 30.1 Å². The van der Waals surface area contributed by atoms with E-state index in [1.165, 1.54) is 0 Å². The number of hydrogen-bond acceptors (Lipinski definition) is 6. The molecule has 0 amide bonds. The van der Waals surface area contributed by atoms with E-state index in [0.29, 0.717) is 37.4 Å². The molecule has 3 atom stereocenters. The van der Waals surface area contributed by atoms with Gasteiger partial charge in [-0.15, -0.1) is 0 Å². The molecule has 0 aliphatic carbocycles. The standard InChI is InChI=1S/C24H27NO7/c1-2-25(14-21(26)27)13-7-10-18(24(28)29)23(25)32-22-16-8-3-5-11-19(16)30-15-31-20-12-6-4-9-17(20)22/h3-6,8-9,11-12,18,22-23H,2,7,10,13-15H2,1H3,(H-,26,27,28,29)/t18?,23-,25?/m1/s1. The molecule has 0 spiro atoms. The summed E-state index contributed by atoms with van der Waals surface area (Å²) in [5, 5.41) is 21.7. The number of benzene rings is 2. The van der Waals surface area contributed by atoms with Gasteiger partial charge < -0.3 is 29.2 Å². The van der Waals surface area contributed by atoms with Gasteiger partial charge in [-0.2, -0.15) is 0 Å². The topological polar surface area (TPSA) is 105 Å². The second kappa shape index (κ2) is 9.18. The minimum atomic E-state index is -1.23. The molecule has 1 saturated heterocycles. The summed E-state index contributed by atoms with van der Waals surface area (Å²) in [5.41, 5.74) is 1.47. The van der Waals surface area contributed by atoms with Crippen molar-refractivity contribution in [2.24, 2.45) is 5.92 Å². The van der Waals surface area contributed by atoms with Crippen LogP contribution in [0.4, 0.5) is 0 Å². The van der Waals surface area contributed by atoms with Crippen molar-refractivity contribution < 1.29 is 38.5 Å². The molecule has 2 aliphatic rings. The Kier molecular flexibility index (Phi) is 6.34. The molecule has 170 valence electrons. The highest BCUT2D eigenvalue weighted by molar-refractivity contribution is 5.71. The first kappa shape index (κ1) is 22.1. The number of aliphatic carboxylic acids is 2. The quantitative estimate of drug-likeness (QED) is 0.683. The Balaban J connectivity index is 1.84. The monoisotopic (exact) mass is 441 g/mol. The predicted molar refractivity (Wildman–Crippen MR) is 112 cm³/mol. The number of likely N-dealkylation sites (tertiary alicyclic amines) is 1. The van der Waals surface area contributed by atoms with Crippen LogP contribution in [-0.2, 0) is 14.3 Å². The van der Waals surface area contributed by atoms with Crippen LogP contribution in [0.3, 0.4) is 0 Å². The van der Waals surface area contributed by atoms with Crippen molar-refractivity contribution in [2.45, 2.75) is 32.1 Å². The van der Waals surface area contributed by atoms with E-state index in [1.807, 2.05) is 55.5 Å². The molecule has 1 fully saturated rings. The van der Waals surface area contributed by atoms with E-state index in [-0.39, 0.29) is 17.8 Å². The molecule has 0 radical (unpaired) electrons. The maximum absolute atomic E-state index is 12.2. The van der Waals surface area contributed by atoms with Gasteiger partial charge in [0.25, 0.3) is 0 Å². The number of carbonyl (C=O) groups excluding carboxylic acids is 1. The highest BCUT2D eigenvalue weighted by atomic mass is 16.7. The zero-order chi connectivity index (χ0) is 22.7. The smallest absolute Gasteiger partial charge is 0.315 e. The van der Waals surface area contributed by atoms with E-state index in [9.17, 15) is 19.8 Å². The van der Waals surface area contributed by atoms with Crippen molar-refractivity contribution >= 4 is 11.9 Å². The number of nitrogens with zero attached hydrogens (tertiary/aromatic N) is 1. The molecule has 2 unspecified atom stereocenters. The van der Waals surface area contributed by atoms with Crippen LogP contribution >= 0.6 is 0 Å². The van der Waals surface area contributed by atoms with Crippen molar-refractivity contribution in [3.05, 3.63) is 59.7 Å². The number of para-hydroxylation sites is 2. The SMILES string of the molecule is CC[N+]1(CC(=O)[O-])CCCC(C(=O)O)[C@H]1OC1c2ccccc2OCOc2ccccc21. The van der Waals surface area contributed by atoms with Crippen molar-refractivity contribution in [3.8, 4) is 11.5 Å². The van der Waals surface area contributed by atoms with Gasteiger partial charge >= 0.3 is 5.97 Å². The first-order chi connectivity index (χ1) is 15.4. The lowest BCUT2D eigenvalue weighted by Gasteiger charge is -2.49. The molecule has 32 heavy (non-hydrogen) atoms. The van der Waals surface area contributed by atoms with E-state index >= 15 is 0 Å². The fraction of sp³-hybridized carbons (Fsp3) is 0.417. The highest BCUT2D eigenvalue weighted by Crippen LogP contribution is 2.43. The van der Waals surface area contributed by atoms with Gasteiger partial charge in [-0.05, 0) is 31.9 Å². The average molecular weight is 441 g/mol. The number of piperidine rings is 1. The Hall–Kier alpha value is -3.10. The van der Waals surface area contributed by atoms with Crippen LogP contribution in [0.5, 0.6) is 11.5 Å². The molecule has 2 aromatic rings. The zero-order valence-electron chi connectivity index (χ0n) is 17.9. The van der Waals surface area contributed by atoms with Crippen molar-refractivity contribution in [2.75, 3.05) is 26.4 Å². The lowest BCUT2D eigenvalue weighted by Crippen LogP contribution is -2.66. The van der Waals surface area contributed by atoms with Gasteiger partial charge in [0, 0.05) is 11.1 Å². The molecule has 2 aliphatic heterocycles. The number of carboxylic acids is 2. The molecule has 0 bridgehead atoms. The van der Waals surface area contributed by atoms with E-state index in [4.69, 9.17) is 14.2 Å². The van der Waals surface area contributed by atoms with E-state index in [2.05, 4.69) is 0 Å². The number of carbonyl (C=O) groups is 2. The Morgan fingerprint density at radius 1 is 1.09 bits per heavy atom. The summed E-state index contributed by atoms with van der Waals surface area (Å²) in [5.74, 6) is -1.93. The first-order valence-corrected chi connectivity index (χ1v) is 10.8. The number of ether oxygens (including phenoxy) is 3. The summed E-state index contributed by atoms with van der Waals surface area (Å²) in [7, 11) is 0. The third-order valence-corrected chi connectivity index (χ3v) is 6.50. The molecule has 1 N–H and O–H groups in total. The Labute approximate surface area is 186 Å². The van der Waals surface area contributed by atoms with Crippen LogP contribution in [0.15, 0.2) is 48.5 Å². The maximum atomic E-state index is 12.2. The summed E-state index contributed by atoms with van der Waals surface area (Å²) in [6, 6.07) is 14.8. The Morgan fingerprint density at radius 3 is 2.22 bits per heavy atom. The number of rotatable bonds is 6. The third kappa shape index (κ3) is 4.16. The molecule has 8 nitrogen and oxygen atoms in total. The summed E-state index contributed by atoms with van der Waals surface area (Å²) in [6.07, 6.45) is -0.564. The molecule has 4 rings (SSSR count).